The van der Waals surface area contributed by atoms with Crippen LogP contribution in [-0.2, 0) is 0 Å². The van der Waals surface area contributed by atoms with Crippen LogP contribution in [-0.4, -0.2) is 16.3 Å². The molecule has 0 bridgehead atoms. The van der Waals surface area contributed by atoms with Gasteiger partial charge in [0.15, 0.2) is 0 Å². The van der Waals surface area contributed by atoms with E-state index in [1.165, 1.54) is 6.07 Å². The summed E-state index contributed by atoms with van der Waals surface area (Å²) in [6, 6.07) is 4.95. The standard InChI is InChI=1S/C15H18BrClFN3/c1-4-19-14(10-5-6-12(17)13(18)7-10)15-11(16)8-20-21(15)9(2)3/h5-9,14,19H,4H2,1-3H3. The van der Waals surface area contributed by atoms with Gasteiger partial charge in [-0.15, -0.1) is 0 Å². The summed E-state index contributed by atoms with van der Waals surface area (Å²) in [4.78, 5) is 0. The van der Waals surface area contributed by atoms with E-state index in [2.05, 4.69) is 40.2 Å². The summed E-state index contributed by atoms with van der Waals surface area (Å²) in [6.07, 6.45) is 1.77. The number of nitrogens with zero attached hydrogens (tertiary/aromatic N) is 2. The third-order valence-electron chi connectivity index (χ3n) is 3.23. The van der Waals surface area contributed by atoms with Crippen molar-refractivity contribution < 1.29 is 4.39 Å². The highest BCUT2D eigenvalue weighted by molar-refractivity contribution is 9.10. The van der Waals surface area contributed by atoms with Crippen molar-refractivity contribution in [1.82, 2.24) is 15.1 Å². The van der Waals surface area contributed by atoms with E-state index in [1.807, 2.05) is 17.7 Å². The zero-order chi connectivity index (χ0) is 15.6. The Balaban J connectivity index is 2.53. The second-order valence-electron chi connectivity index (χ2n) is 5.08. The van der Waals surface area contributed by atoms with Crippen LogP contribution in [0.4, 0.5) is 4.39 Å². The lowest BCUT2D eigenvalue weighted by atomic mass is 10.0. The summed E-state index contributed by atoms with van der Waals surface area (Å²) in [7, 11) is 0. The largest absolute Gasteiger partial charge is 0.305 e. The van der Waals surface area contributed by atoms with Gasteiger partial charge in [-0.05, 0) is 54.0 Å². The third-order valence-corrected chi connectivity index (χ3v) is 4.15. The van der Waals surface area contributed by atoms with Gasteiger partial charge in [-0.25, -0.2) is 4.39 Å². The zero-order valence-corrected chi connectivity index (χ0v) is 14.5. The van der Waals surface area contributed by atoms with Gasteiger partial charge in [0.25, 0.3) is 0 Å². The van der Waals surface area contributed by atoms with E-state index in [4.69, 9.17) is 11.6 Å². The molecule has 1 aromatic heterocycles. The molecule has 1 aromatic carbocycles. The maximum absolute atomic E-state index is 13.8. The van der Waals surface area contributed by atoms with Crippen molar-refractivity contribution in [1.29, 1.82) is 0 Å². The van der Waals surface area contributed by atoms with Gasteiger partial charge in [-0.3, -0.25) is 4.68 Å². The van der Waals surface area contributed by atoms with E-state index in [0.29, 0.717) is 0 Å². The average molecular weight is 375 g/mol. The molecule has 114 valence electrons. The Bertz CT molecular complexity index is 627. The van der Waals surface area contributed by atoms with Crippen LogP contribution in [0.2, 0.25) is 5.02 Å². The van der Waals surface area contributed by atoms with Crippen molar-refractivity contribution in [2.45, 2.75) is 32.9 Å². The van der Waals surface area contributed by atoms with Crippen molar-refractivity contribution >= 4 is 27.5 Å². The lowest BCUT2D eigenvalue weighted by Crippen LogP contribution is -2.26. The molecule has 0 aliphatic carbocycles. The molecule has 0 fully saturated rings. The Labute approximate surface area is 137 Å². The monoisotopic (exact) mass is 373 g/mol. The molecule has 2 rings (SSSR count). The molecule has 6 heteroatoms. The molecule has 0 spiro atoms. The van der Waals surface area contributed by atoms with Gasteiger partial charge in [0.2, 0.25) is 0 Å². The molecule has 1 heterocycles. The van der Waals surface area contributed by atoms with Crippen LogP contribution in [0.25, 0.3) is 0 Å². The SMILES string of the molecule is CCNC(c1ccc(Cl)c(F)c1)c1c(Br)cnn1C(C)C. The van der Waals surface area contributed by atoms with Crippen molar-refractivity contribution in [3.63, 3.8) is 0 Å². The molecule has 0 radical (unpaired) electrons. The summed E-state index contributed by atoms with van der Waals surface area (Å²) in [6.45, 7) is 6.90. The number of hydrogen-bond acceptors (Lipinski definition) is 2. The van der Waals surface area contributed by atoms with Gasteiger partial charge < -0.3 is 5.32 Å². The van der Waals surface area contributed by atoms with Gasteiger partial charge in [-0.2, -0.15) is 5.10 Å². The smallest absolute Gasteiger partial charge is 0.142 e. The fourth-order valence-electron chi connectivity index (χ4n) is 2.30. The zero-order valence-electron chi connectivity index (χ0n) is 12.2. The second kappa shape index (κ2) is 6.90. The minimum Gasteiger partial charge on any atom is -0.305 e. The molecule has 1 N–H and O–H groups in total. The Morgan fingerprint density at radius 1 is 1.43 bits per heavy atom. The number of nitrogens with one attached hydrogen (secondary N) is 1. The first-order chi connectivity index (χ1) is 9.95. The summed E-state index contributed by atoms with van der Waals surface area (Å²) < 4.78 is 16.6. The predicted molar refractivity (Wildman–Crippen MR) is 87.2 cm³/mol. The van der Waals surface area contributed by atoms with Gasteiger partial charge in [-0.1, -0.05) is 24.6 Å². The maximum atomic E-state index is 13.8. The molecule has 1 atom stereocenters. The summed E-state index contributed by atoms with van der Waals surface area (Å²) in [5, 5.41) is 7.91. The maximum Gasteiger partial charge on any atom is 0.142 e. The molecular weight excluding hydrogens is 357 g/mol. The summed E-state index contributed by atoms with van der Waals surface area (Å²) in [5.41, 5.74) is 1.80. The Hall–Kier alpha value is -0.910. The molecule has 21 heavy (non-hydrogen) atoms. The third kappa shape index (κ3) is 3.47. The first kappa shape index (κ1) is 16.5. The van der Waals surface area contributed by atoms with Crippen LogP contribution in [0, 0.1) is 5.82 Å². The number of aromatic nitrogens is 2. The molecular formula is C15H18BrClFN3. The Kier molecular flexibility index (Phi) is 5.41. The molecule has 3 nitrogen and oxygen atoms in total. The van der Waals surface area contributed by atoms with Crippen molar-refractivity contribution in [3.05, 3.63) is 51.0 Å². The van der Waals surface area contributed by atoms with E-state index in [0.717, 1.165) is 22.3 Å². The number of hydrogen-bond donors (Lipinski definition) is 1. The normalized spacial score (nSPS) is 12.9. The Morgan fingerprint density at radius 2 is 2.14 bits per heavy atom. The molecule has 0 aliphatic rings. The molecule has 0 aliphatic heterocycles. The van der Waals surface area contributed by atoms with E-state index < -0.39 is 5.82 Å². The second-order valence-corrected chi connectivity index (χ2v) is 6.34. The van der Waals surface area contributed by atoms with Gasteiger partial charge in [0, 0.05) is 6.04 Å². The lowest BCUT2D eigenvalue weighted by molar-refractivity contribution is 0.474. The van der Waals surface area contributed by atoms with E-state index in [-0.39, 0.29) is 17.1 Å². The summed E-state index contributed by atoms with van der Waals surface area (Å²) in [5.74, 6) is -0.413. The number of benzene rings is 1. The van der Waals surface area contributed by atoms with Crippen LogP contribution in [0.3, 0.4) is 0 Å². The molecule has 2 aromatic rings. The van der Waals surface area contributed by atoms with Gasteiger partial charge >= 0.3 is 0 Å². The van der Waals surface area contributed by atoms with Crippen LogP contribution >= 0.6 is 27.5 Å². The van der Waals surface area contributed by atoms with Gasteiger partial charge in [0.1, 0.15) is 5.82 Å². The van der Waals surface area contributed by atoms with Crippen molar-refractivity contribution in [3.8, 4) is 0 Å². The van der Waals surface area contributed by atoms with E-state index in [9.17, 15) is 4.39 Å². The minimum atomic E-state index is -0.413. The first-order valence-electron chi connectivity index (χ1n) is 6.87. The van der Waals surface area contributed by atoms with Crippen LogP contribution < -0.4 is 5.32 Å². The Morgan fingerprint density at radius 3 is 2.71 bits per heavy atom. The highest BCUT2D eigenvalue weighted by atomic mass is 79.9. The molecule has 0 amide bonds. The topological polar surface area (TPSA) is 29.9 Å². The van der Waals surface area contributed by atoms with Crippen LogP contribution in [0.5, 0.6) is 0 Å². The fraction of sp³-hybridized carbons (Fsp3) is 0.400. The van der Waals surface area contributed by atoms with Crippen molar-refractivity contribution in [2.75, 3.05) is 6.54 Å². The number of halogens is 3. The number of rotatable bonds is 5. The molecule has 0 saturated carbocycles. The van der Waals surface area contributed by atoms with Crippen LogP contribution in [0.15, 0.2) is 28.9 Å². The van der Waals surface area contributed by atoms with Crippen molar-refractivity contribution in [2.24, 2.45) is 0 Å². The first-order valence-corrected chi connectivity index (χ1v) is 8.04. The quantitative estimate of drug-likeness (QED) is 0.821. The van der Waals surface area contributed by atoms with Gasteiger partial charge in [0.05, 0.1) is 27.4 Å². The van der Waals surface area contributed by atoms with Crippen LogP contribution in [0.1, 0.15) is 44.1 Å². The average Bonchev–Trinajstić information content (AvgIpc) is 2.81. The fourth-order valence-corrected chi connectivity index (χ4v) is 2.92. The minimum absolute atomic E-state index is 0.130. The lowest BCUT2D eigenvalue weighted by Gasteiger charge is -2.22. The molecule has 1 unspecified atom stereocenters. The highest BCUT2D eigenvalue weighted by Gasteiger charge is 2.23. The predicted octanol–water partition coefficient (Wildman–Crippen LogP) is 4.72. The molecule has 0 saturated heterocycles. The summed E-state index contributed by atoms with van der Waals surface area (Å²) >= 11 is 9.32. The highest BCUT2D eigenvalue weighted by Crippen LogP contribution is 2.31. The van der Waals surface area contributed by atoms with E-state index in [1.54, 1.807) is 12.3 Å². The van der Waals surface area contributed by atoms with E-state index >= 15 is 0 Å².